The van der Waals surface area contributed by atoms with Crippen LogP contribution in [-0.4, -0.2) is 29.8 Å². The fraction of sp³-hybridized carbons (Fsp3) is 0.323. The van der Waals surface area contributed by atoms with Gasteiger partial charge in [-0.3, -0.25) is 9.59 Å². The largest absolute Gasteiger partial charge is 0.493 e. The lowest BCUT2D eigenvalue weighted by atomic mass is 9.71. The molecule has 2 N–H and O–H groups in total. The molecule has 7 heteroatoms. The van der Waals surface area contributed by atoms with Gasteiger partial charge in [0.25, 0.3) is 0 Å². The van der Waals surface area contributed by atoms with E-state index >= 15 is 0 Å². The lowest BCUT2D eigenvalue weighted by Crippen LogP contribution is -2.36. The van der Waals surface area contributed by atoms with Crippen LogP contribution in [0.25, 0.3) is 0 Å². The van der Waals surface area contributed by atoms with E-state index in [1.165, 1.54) is 0 Å². The fourth-order valence-electron chi connectivity index (χ4n) is 5.69. The number of ether oxygens (including phenoxy) is 2. The van der Waals surface area contributed by atoms with Crippen molar-refractivity contribution in [1.82, 2.24) is 5.32 Å². The maximum absolute atomic E-state index is 13.2. The number of nitrogens with one attached hydrogen (secondary N) is 1. The van der Waals surface area contributed by atoms with Crippen LogP contribution in [0, 0.1) is 0 Å². The number of carbonyl (C=O) groups is 3. The van der Waals surface area contributed by atoms with E-state index in [-0.39, 0.29) is 23.7 Å². The molecule has 0 unspecified atom stereocenters. The summed E-state index contributed by atoms with van der Waals surface area (Å²) in [5, 5.41) is 12.6. The standard InChI is InChI=1S/C31H31NO6/c1-3-6-20-15-21(16-26(37-2)30(20)38-17-18-11-13-19(14-12-18)31(35)36)27-28-22(7-4-9-24(28)33)32-23-8-5-10-25(34)29(23)27/h3,11-16,27,32H,1,4-10,17H2,2H3,(H,35,36). The first-order valence-corrected chi connectivity index (χ1v) is 13.0. The number of allylic oxidation sites excluding steroid dienone is 5. The first-order chi connectivity index (χ1) is 18.4. The molecule has 0 saturated heterocycles. The highest BCUT2D eigenvalue weighted by Gasteiger charge is 2.40. The van der Waals surface area contributed by atoms with Gasteiger partial charge in [-0.25, -0.2) is 4.79 Å². The Balaban J connectivity index is 1.56. The summed E-state index contributed by atoms with van der Waals surface area (Å²) in [4.78, 5) is 37.6. The Labute approximate surface area is 221 Å². The van der Waals surface area contributed by atoms with Crippen molar-refractivity contribution in [3.63, 3.8) is 0 Å². The number of benzene rings is 2. The Kier molecular flexibility index (Phi) is 7.18. The van der Waals surface area contributed by atoms with Gasteiger partial charge in [0.15, 0.2) is 23.1 Å². The zero-order valence-electron chi connectivity index (χ0n) is 21.5. The first kappa shape index (κ1) is 25.5. The summed E-state index contributed by atoms with van der Waals surface area (Å²) in [7, 11) is 1.57. The molecule has 2 aromatic rings. The van der Waals surface area contributed by atoms with Gasteiger partial charge >= 0.3 is 5.97 Å². The lowest BCUT2D eigenvalue weighted by Gasteiger charge is -2.37. The van der Waals surface area contributed by atoms with Gasteiger partial charge in [0, 0.05) is 46.9 Å². The van der Waals surface area contributed by atoms with Crippen molar-refractivity contribution in [2.45, 2.75) is 57.5 Å². The molecule has 0 spiro atoms. The number of hydrogen-bond acceptors (Lipinski definition) is 6. The zero-order valence-corrected chi connectivity index (χ0v) is 21.5. The molecule has 0 bridgehead atoms. The van der Waals surface area contributed by atoms with E-state index in [4.69, 9.17) is 14.6 Å². The van der Waals surface area contributed by atoms with Gasteiger partial charge in [-0.05, 0) is 61.4 Å². The number of ketones is 2. The molecule has 2 aromatic carbocycles. The SMILES string of the molecule is C=CCc1cc(C2C3=C(CCCC3=O)NC3=C2C(=O)CCC3)cc(OC)c1OCc1ccc(C(=O)O)cc1. The summed E-state index contributed by atoms with van der Waals surface area (Å²) in [6, 6.07) is 10.4. The second-order valence-electron chi connectivity index (χ2n) is 9.89. The van der Waals surface area contributed by atoms with E-state index in [0.29, 0.717) is 41.9 Å². The summed E-state index contributed by atoms with van der Waals surface area (Å²) >= 11 is 0. The topological polar surface area (TPSA) is 102 Å². The number of hydrogen-bond donors (Lipinski definition) is 2. The third kappa shape index (κ3) is 4.76. The van der Waals surface area contributed by atoms with E-state index in [9.17, 15) is 14.4 Å². The molecule has 2 aliphatic carbocycles. The Morgan fingerprint density at radius 1 is 1.03 bits per heavy atom. The third-order valence-electron chi connectivity index (χ3n) is 7.45. The summed E-state index contributed by atoms with van der Waals surface area (Å²) in [6.45, 7) is 4.12. The number of carbonyl (C=O) groups excluding carboxylic acids is 2. The molecule has 0 saturated carbocycles. The van der Waals surface area contributed by atoms with Crippen molar-refractivity contribution in [3.8, 4) is 11.5 Å². The summed E-state index contributed by atoms with van der Waals surface area (Å²) in [5.74, 6) is -0.176. The molecule has 0 atom stereocenters. The van der Waals surface area contributed by atoms with Crippen molar-refractivity contribution < 1.29 is 29.0 Å². The number of methoxy groups -OCH3 is 1. The van der Waals surface area contributed by atoms with Crippen LogP contribution < -0.4 is 14.8 Å². The average molecular weight is 514 g/mol. The molecular formula is C31H31NO6. The maximum Gasteiger partial charge on any atom is 0.335 e. The molecule has 0 amide bonds. The van der Waals surface area contributed by atoms with Crippen LogP contribution in [0.2, 0.25) is 0 Å². The highest BCUT2D eigenvalue weighted by atomic mass is 16.5. The molecule has 0 radical (unpaired) electrons. The van der Waals surface area contributed by atoms with Gasteiger partial charge < -0.3 is 19.9 Å². The molecule has 3 aliphatic rings. The smallest absolute Gasteiger partial charge is 0.335 e. The van der Waals surface area contributed by atoms with Crippen molar-refractivity contribution in [2.24, 2.45) is 0 Å². The van der Waals surface area contributed by atoms with Gasteiger partial charge in [-0.15, -0.1) is 6.58 Å². The number of carboxylic acids is 1. The van der Waals surface area contributed by atoms with Crippen molar-refractivity contribution in [1.29, 1.82) is 0 Å². The van der Waals surface area contributed by atoms with Gasteiger partial charge in [-0.2, -0.15) is 0 Å². The number of aromatic carboxylic acids is 1. The molecule has 0 aromatic heterocycles. The van der Waals surface area contributed by atoms with Gasteiger partial charge in [-0.1, -0.05) is 24.3 Å². The number of carboxylic acid groups (broad SMARTS) is 1. The Hall–Kier alpha value is -4.13. The zero-order chi connectivity index (χ0) is 26.8. The van der Waals surface area contributed by atoms with Crippen LogP contribution in [0.3, 0.4) is 0 Å². The maximum atomic E-state index is 13.2. The van der Waals surface area contributed by atoms with E-state index in [1.807, 2.05) is 12.1 Å². The van der Waals surface area contributed by atoms with Crippen molar-refractivity contribution in [2.75, 3.05) is 7.11 Å². The quantitative estimate of drug-likeness (QED) is 0.456. The van der Waals surface area contributed by atoms with Gasteiger partial charge in [0.1, 0.15) is 6.61 Å². The van der Waals surface area contributed by atoms with Crippen molar-refractivity contribution >= 4 is 17.5 Å². The first-order valence-electron chi connectivity index (χ1n) is 13.0. The minimum atomic E-state index is -0.981. The second-order valence-corrected chi connectivity index (χ2v) is 9.89. The van der Waals surface area contributed by atoms with Crippen LogP contribution >= 0.6 is 0 Å². The van der Waals surface area contributed by atoms with E-state index in [2.05, 4.69) is 11.9 Å². The van der Waals surface area contributed by atoms with E-state index in [1.54, 1.807) is 37.5 Å². The highest BCUT2D eigenvalue weighted by molar-refractivity contribution is 6.06. The van der Waals surface area contributed by atoms with Gasteiger partial charge in [0.05, 0.1) is 12.7 Å². The predicted octanol–water partition coefficient (Wildman–Crippen LogP) is 5.40. The lowest BCUT2D eigenvalue weighted by molar-refractivity contribution is -0.117. The molecule has 5 rings (SSSR count). The molecule has 7 nitrogen and oxygen atoms in total. The normalized spacial score (nSPS) is 17.5. The molecule has 1 aliphatic heterocycles. The minimum absolute atomic E-state index is 0.0862. The Morgan fingerprint density at radius 2 is 1.66 bits per heavy atom. The van der Waals surface area contributed by atoms with Crippen LogP contribution in [0.1, 0.15) is 71.5 Å². The summed E-state index contributed by atoms with van der Waals surface area (Å²) in [6.07, 6.45) is 6.43. The highest BCUT2D eigenvalue weighted by Crippen LogP contribution is 2.47. The van der Waals surface area contributed by atoms with Crippen LogP contribution in [0.4, 0.5) is 0 Å². The Bertz CT molecular complexity index is 1340. The third-order valence-corrected chi connectivity index (χ3v) is 7.45. The predicted molar refractivity (Wildman–Crippen MR) is 142 cm³/mol. The number of dihydropyridines is 1. The molecule has 38 heavy (non-hydrogen) atoms. The monoisotopic (exact) mass is 513 g/mol. The molecule has 0 fully saturated rings. The molecule has 1 heterocycles. The average Bonchev–Trinajstić information content (AvgIpc) is 2.91. The fourth-order valence-corrected chi connectivity index (χ4v) is 5.69. The second kappa shape index (κ2) is 10.7. The van der Waals surface area contributed by atoms with Crippen LogP contribution in [-0.2, 0) is 22.6 Å². The van der Waals surface area contributed by atoms with Crippen LogP contribution in [0.15, 0.2) is 71.6 Å². The summed E-state index contributed by atoms with van der Waals surface area (Å²) in [5.41, 5.74) is 5.97. The molecular weight excluding hydrogens is 482 g/mol. The van der Waals surface area contributed by atoms with E-state index < -0.39 is 11.9 Å². The van der Waals surface area contributed by atoms with Crippen LogP contribution in [0.5, 0.6) is 11.5 Å². The number of rotatable bonds is 8. The molecule has 196 valence electrons. The Morgan fingerprint density at radius 3 is 2.21 bits per heavy atom. The number of Topliss-reactive ketones (excluding diaryl/α,β-unsaturated/α-hetero) is 2. The minimum Gasteiger partial charge on any atom is -0.493 e. The van der Waals surface area contributed by atoms with Crippen molar-refractivity contribution in [3.05, 3.63) is 93.8 Å². The summed E-state index contributed by atoms with van der Waals surface area (Å²) < 4.78 is 12.0. The van der Waals surface area contributed by atoms with Gasteiger partial charge in [0.2, 0.25) is 0 Å². The van der Waals surface area contributed by atoms with E-state index in [0.717, 1.165) is 53.8 Å².